The van der Waals surface area contributed by atoms with Gasteiger partial charge in [0.1, 0.15) is 0 Å². The number of nitrogens with zero attached hydrogens (tertiary/aromatic N) is 1. The zero-order chi connectivity index (χ0) is 8.39. The molecular formula is C8H13N3O. The molecular weight excluding hydrogens is 154 g/mol. The molecule has 0 unspecified atom stereocenters. The number of aromatic nitrogens is 2. The van der Waals surface area contributed by atoms with Gasteiger partial charge in [0.2, 0.25) is 0 Å². The Kier molecular flexibility index (Phi) is 2.10. The van der Waals surface area contributed by atoms with E-state index in [2.05, 4.69) is 15.5 Å². The van der Waals surface area contributed by atoms with E-state index in [1.807, 2.05) is 7.05 Å². The first-order valence-corrected chi connectivity index (χ1v) is 4.19. The van der Waals surface area contributed by atoms with Gasteiger partial charge in [0.25, 0.3) is 0 Å². The molecule has 0 aromatic carbocycles. The van der Waals surface area contributed by atoms with E-state index in [-0.39, 0.29) is 0 Å². The highest BCUT2D eigenvalue weighted by molar-refractivity contribution is 5.26. The Morgan fingerprint density at radius 1 is 1.67 bits per heavy atom. The largest absolute Gasteiger partial charge is 0.375 e. The van der Waals surface area contributed by atoms with E-state index in [1.165, 1.54) is 5.56 Å². The molecule has 0 bridgehead atoms. The summed E-state index contributed by atoms with van der Waals surface area (Å²) in [6.07, 6.45) is 0.989. The molecule has 66 valence electrons. The van der Waals surface area contributed by atoms with Crippen LogP contribution in [0, 0.1) is 0 Å². The van der Waals surface area contributed by atoms with Crippen LogP contribution in [0.15, 0.2) is 0 Å². The van der Waals surface area contributed by atoms with Crippen LogP contribution in [-0.2, 0) is 24.3 Å². The van der Waals surface area contributed by atoms with Gasteiger partial charge < -0.3 is 10.1 Å². The van der Waals surface area contributed by atoms with Crippen LogP contribution in [0.3, 0.4) is 0 Å². The normalized spacial score (nSPS) is 16.1. The van der Waals surface area contributed by atoms with Gasteiger partial charge in [-0.3, -0.25) is 5.10 Å². The van der Waals surface area contributed by atoms with Crippen LogP contribution in [-0.4, -0.2) is 23.9 Å². The Bertz CT molecular complexity index is 269. The minimum absolute atomic E-state index is 0.687. The van der Waals surface area contributed by atoms with Crippen LogP contribution in [0.25, 0.3) is 0 Å². The van der Waals surface area contributed by atoms with Gasteiger partial charge in [-0.15, -0.1) is 0 Å². The van der Waals surface area contributed by atoms with Crippen molar-refractivity contribution < 1.29 is 4.74 Å². The Morgan fingerprint density at radius 3 is 3.42 bits per heavy atom. The van der Waals surface area contributed by atoms with E-state index >= 15 is 0 Å². The van der Waals surface area contributed by atoms with Gasteiger partial charge in [-0.2, -0.15) is 5.10 Å². The molecule has 1 aliphatic heterocycles. The van der Waals surface area contributed by atoms with Gasteiger partial charge >= 0.3 is 0 Å². The van der Waals surface area contributed by atoms with E-state index in [0.717, 1.165) is 31.0 Å². The molecule has 0 spiro atoms. The molecule has 0 radical (unpaired) electrons. The number of hydrogen-bond donors (Lipinski definition) is 2. The maximum absolute atomic E-state index is 5.30. The predicted octanol–water partition coefficient (Wildman–Crippen LogP) is 0.202. The van der Waals surface area contributed by atoms with Crippen LogP contribution < -0.4 is 5.32 Å². The lowest BCUT2D eigenvalue weighted by Crippen LogP contribution is -2.12. The van der Waals surface area contributed by atoms with E-state index in [1.54, 1.807) is 0 Å². The van der Waals surface area contributed by atoms with Crippen LogP contribution in [0.5, 0.6) is 0 Å². The van der Waals surface area contributed by atoms with Gasteiger partial charge in [-0.05, 0) is 13.5 Å². The van der Waals surface area contributed by atoms with Crippen LogP contribution in [0.2, 0.25) is 0 Å². The number of H-pyrrole nitrogens is 1. The lowest BCUT2D eigenvalue weighted by molar-refractivity contribution is 0.108. The minimum Gasteiger partial charge on any atom is -0.375 e. The third-order valence-corrected chi connectivity index (χ3v) is 2.13. The Labute approximate surface area is 71.3 Å². The fourth-order valence-electron chi connectivity index (χ4n) is 1.52. The average molecular weight is 167 g/mol. The molecule has 12 heavy (non-hydrogen) atoms. The van der Waals surface area contributed by atoms with Crippen molar-refractivity contribution in [3.05, 3.63) is 17.0 Å². The van der Waals surface area contributed by atoms with Crippen molar-refractivity contribution in [2.45, 2.75) is 19.6 Å². The molecule has 0 aliphatic carbocycles. The van der Waals surface area contributed by atoms with Crippen molar-refractivity contribution in [2.24, 2.45) is 0 Å². The number of hydrogen-bond acceptors (Lipinski definition) is 3. The Hall–Kier alpha value is -0.870. The molecule has 4 nitrogen and oxygen atoms in total. The van der Waals surface area contributed by atoms with Crippen molar-refractivity contribution in [1.82, 2.24) is 15.5 Å². The van der Waals surface area contributed by atoms with Crippen LogP contribution >= 0.6 is 0 Å². The third kappa shape index (κ3) is 1.23. The van der Waals surface area contributed by atoms with Gasteiger partial charge in [-0.25, -0.2) is 0 Å². The minimum atomic E-state index is 0.687. The summed E-state index contributed by atoms with van der Waals surface area (Å²) in [5.41, 5.74) is 3.62. The summed E-state index contributed by atoms with van der Waals surface area (Å²) in [4.78, 5) is 0. The number of rotatable bonds is 2. The van der Waals surface area contributed by atoms with E-state index in [0.29, 0.717) is 6.61 Å². The number of fused-ring (bicyclic) bond motifs is 1. The monoisotopic (exact) mass is 167 g/mol. The predicted molar refractivity (Wildman–Crippen MR) is 44.7 cm³/mol. The average Bonchev–Trinajstić information content (AvgIpc) is 2.50. The molecule has 0 atom stereocenters. The SMILES string of the molecule is CNCc1n[nH]c2c1CCOC2. The standard InChI is InChI=1S/C8H13N3O/c1-9-4-7-6-2-3-12-5-8(6)11-10-7/h9H,2-5H2,1H3,(H,10,11). The topological polar surface area (TPSA) is 49.9 Å². The van der Waals surface area contributed by atoms with Crippen molar-refractivity contribution in [2.75, 3.05) is 13.7 Å². The molecule has 4 heteroatoms. The Balaban J connectivity index is 2.25. The summed E-state index contributed by atoms with van der Waals surface area (Å²) in [5, 5.41) is 10.3. The molecule has 0 saturated heterocycles. The number of aromatic amines is 1. The van der Waals surface area contributed by atoms with Gasteiger partial charge in [0.15, 0.2) is 0 Å². The Morgan fingerprint density at radius 2 is 2.58 bits per heavy atom. The van der Waals surface area contributed by atoms with Crippen molar-refractivity contribution in [1.29, 1.82) is 0 Å². The fraction of sp³-hybridized carbons (Fsp3) is 0.625. The molecule has 0 saturated carbocycles. The summed E-state index contributed by atoms with van der Waals surface area (Å²) in [5.74, 6) is 0. The second-order valence-electron chi connectivity index (χ2n) is 2.96. The lowest BCUT2D eigenvalue weighted by Gasteiger charge is -2.11. The van der Waals surface area contributed by atoms with Crippen LogP contribution in [0.4, 0.5) is 0 Å². The smallest absolute Gasteiger partial charge is 0.0885 e. The van der Waals surface area contributed by atoms with Crippen molar-refractivity contribution >= 4 is 0 Å². The third-order valence-electron chi connectivity index (χ3n) is 2.13. The highest BCUT2D eigenvalue weighted by Gasteiger charge is 2.15. The summed E-state index contributed by atoms with van der Waals surface area (Å²) < 4.78 is 5.30. The van der Waals surface area contributed by atoms with E-state index < -0.39 is 0 Å². The first-order valence-electron chi connectivity index (χ1n) is 4.19. The maximum atomic E-state index is 5.30. The van der Waals surface area contributed by atoms with Crippen molar-refractivity contribution in [3.8, 4) is 0 Å². The van der Waals surface area contributed by atoms with Gasteiger partial charge in [0.05, 0.1) is 24.6 Å². The lowest BCUT2D eigenvalue weighted by atomic mass is 10.1. The first kappa shape index (κ1) is 7.76. The maximum Gasteiger partial charge on any atom is 0.0885 e. The number of ether oxygens (including phenoxy) is 1. The van der Waals surface area contributed by atoms with Gasteiger partial charge in [-0.1, -0.05) is 0 Å². The van der Waals surface area contributed by atoms with Crippen molar-refractivity contribution in [3.63, 3.8) is 0 Å². The molecule has 2 heterocycles. The summed E-state index contributed by atoms with van der Waals surface area (Å²) in [6, 6.07) is 0. The number of nitrogens with one attached hydrogen (secondary N) is 2. The molecule has 1 aromatic rings. The second kappa shape index (κ2) is 3.25. The van der Waals surface area contributed by atoms with E-state index in [9.17, 15) is 0 Å². The van der Waals surface area contributed by atoms with E-state index in [4.69, 9.17) is 4.74 Å². The molecule has 1 aromatic heterocycles. The molecule has 2 rings (SSSR count). The zero-order valence-corrected chi connectivity index (χ0v) is 7.18. The summed E-state index contributed by atoms with van der Waals surface area (Å²) >= 11 is 0. The quantitative estimate of drug-likeness (QED) is 0.661. The molecule has 0 amide bonds. The fourth-order valence-corrected chi connectivity index (χ4v) is 1.52. The second-order valence-corrected chi connectivity index (χ2v) is 2.96. The van der Waals surface area contributed by atoms with Crippen LogP contribution in [0.1, 0.15) is 17.0 Å². The molecule has 0 fully saturated rings. The summed E-state index contributed by atoms with van der Waals surface area (Å²) in [6.45, 7) is 2.35. The van der Waals surface area contributed by atoms with Gasteiger partial charge in [0, 0.05) is 12.1 Å². The highest BCUT2D eigenvalue weighted by atomic mass is 16.5. The molecule has 1 aliphatic rings. The zero-order valence-electron chi connectivity index (χ0n) is 7.18. The first-order chi connectivity index (χ1) is 5.92. The molecule has 2 N–H and O–H groups in total. The highest BCUT2D eigenvalue weighted by Crippen LogP contribution is 2.17. The summed E-state index contributed by atoms with van der Waals surface area (Å²) in [7, 11) is 1.93.